The quantitative estimate of drug-likeness (QED) is 0.870. The van der Waals surface area contributed by atoms with Gasteiger partial charge in [0.2, 0.25) is 0 Å². The lowest BCUT2D eigenvalue weighted by molar-refractivity contribution is -0.141. The molecule has 2 N–H and O–H groups in total. The Morgan fingerprint density at radius 1 is 1.48 bits per heavy atom. The predicted molar refractivity (Wildman–Crippen MR) is 77.2 cm³/mol. The third-order valence-corrected chi connectivity index (χ3v) is 3.78. The standard InChI is InChI=1S/C15H19F3N2O3/c1-9(4-5-10-3-2-8-23-10)19-13(21)11-6-7-12(15(16,17)18)20-14(11)22/h6-7,9-10H,2-5,8H2,1H3,(H,19,21)(H,20,22)/t9-,10+/m1/s1. The summed E-state index contributed by atoms with van der Waals surface area (Å²) in [5.41, 5.74) is -2.56. The number of hydrogen-bond acceptors (Lipinski definition) is 3. The first-order valence-electron chi connectivity index (χ1n) is 7.50. The fraction of sp³-hybridized carbons (Fsp3) is 0.600. The van der Waals surface area contributed by atoms with Crippen LogP contribution in [0.3, 0.4) is 0 Å². The molecule has 8 heteroatoms. The maximum atomic E-state index is 12.5. The molecule has 0 saturated carbocycles. The van der Waals surface area contributed by atoms with Crippen LogP contribution in [0.2, 0.25) is 0 Å². The van der Waals surface area contributed by atoms with E-state index >= 15 is 0 Å². The molecule has 1 fully saturated rings. The molecule has 1 saturated heterocycles. The first-order valence-corrected chi connectivity index (χ1v) is 7.50. The number of rotatable bonds is 5. The average Bonchev–Trinajstić information content (AvgIpc) is 2.97. The first-order chi connectivity index (χ1) is 10.8. The number of aromatic amines is 1. The minimum atomic E-state index is -4.65. The van der Waals surface area contributed by atoms with Gasteiger partial charge in [0.05, 0.1) is 6.10 Å². The smallest absolute Gasteiger partial charge is 0.378 e. The van der Waals surface area contributed by atoms with Gasteiger partial charge in [-0.3, -0.25) is 9.59 Å². The minimum Gasteiger partial charge on any atom is -0.378 e. The van der Waals surface area contributed by atoms with Crippen LogP contribution in [-0.4, -0.2) is 29.6 Å². The number of carbonyl (C=O) groups excluding carboxylic acids is 1. The third-order valence-electron chi connectivity index (χ3n) is 3.78. The van der Waals surface area contributed by atoms with Gasteiger partial charge in [0, 0.05) is 12.6 Å². The molecule has 0 bridgehead atoms. The molecule has 1 amide bonds. The van der Waals surface area contributed by atoms with Gasteiger partial charge in [-0.2, -0.15) is 13.2 Å². The number of hydrogen-bond donors (Lipinski definition) is 2. The van der Waals surface area contributed by atoms with Crippen molar-refractivity contribution in [1.29, 1.82) is 0 Å². The number of amides is 1. The molecule has 2 heterocycles. The van der Waals surface area contributed by atoms with Crippen LogP contribution in [0.4, 0.5) is 13.2 Å². The van der Waals surface area contributed by atoms with E-state index < -0.39 is 23.3 Å². The molecule has 1 aliphatic heterocycles. The van der Waals surface area contributed by atoms with E-state index in [1.807, 2.05) is 0 Å². The van der Waals surface area contributed by atoms with Crippen molar-refractivity contribution in [3.8, 4) is 0 Å². The van der Waals surface area contributed by atoms with E-state index in [-0.39, 0.29) is 17.7 Å². The molecule has 5 nitrogen and oxygen atoms in total. The van der Waals surface area contributed by atoms with Gasteiger partial charge in [-0.1, -0.05) is 0 Å². The lowest BCUT2D eigenvalue weighted by atomic mass is 10.1. The van der Waals surface area contributed by atoms with Crippen molar-refractivity contribution in [2.24, 2.45) is 0 Å². The fourth-order valence-electron chi connectivity index (χ4n) is 2.50. The van der Waals surface area contributed by atoms with Gasteiger partial charge in [-0.05, 0) is 44.7 Å². The normalized spacial score (nSPS) is 19.6. The Morgan fingerprint density at radius 2 is 2.22 bits per heavy atom. The second kappa shape index (κ2) is 7.16. The summed E-state index contributed by atoms with van der Waals surface area (Å²) in [6, 6.07) is 1.38. The predicted octanol–water partition coefficient (Wildman–Crippen LogP) is 2.47. The molecule has 1 aliphatic rings. The zero-order valence-electron chi connectivity index (χ0n) is 12.7. The van der Waals surface area contributed by atoms with Gasteiger partial charge >= 0.3 is 6.18 Å². The summed E-state index contributed by atoms with van der Waals surface area (Å²) in [5.74, 6) is -0.681. The third kappa shape index (κ3) is 4.82. The fourth-order valence-corrected chi connectivity index (χ4v) is 2.50. The molecule has 2 atom stereocenters. The largest absolute Gasteiger partial charge is 0.431 e. The van der Waals surface area contributed by atoms with Crippen LogP contribution >= 0.6 is 0 Å². The molecule has 1 aromatic heterocycles. The first kappa shape index (κ1) is 17.5. The molecule has 23 heavy (non-hydrogen) atoms. The highest BCUT2D eigenvalue weighted by Gasteiger charge is 2.32. The molecule has 1 aromatic rings. The summed E-state index contributed by atoms with van der Waals surface area (Å²) >= 11 is 0. The summed E-state index contributed by atoms with van der Waals surface area (Å²) in [7, 11) is 0. The summed E-state index contributed by atoms with van der Waals surface area (Å²) in [6.07, 6.45) is -0.947. The second-order valence-electron chi connectivity index (χ2n) is 5.70. The number of aromatic nitrogens is 1. The van der Waals surface area contributed by atoms with Crippen molar-refractivity contribution < 1.29 is 22.7 Å². The van der Waals surface area contributed by atoms with Crippen LogP contribution in [0.5, 0.6) is 0 Å². The van der Waals surface area contributed by atoms with Crippen LogP contribution in [-0.2, 0) is 10.9 Å². The Bertz CT molecular complexity index is 607. The Kier molecular flexibility index (Phi) is 5.46. The van der Waals surface area contributed by atoms with E-state index in [1.165, 1.54) is 0 Å². The minimum absolute atomic E-state index is 0.198. The van der Waals surface area contributed by atoms with Crippen LogP contribution in [0.25, 0.3) is 0 Å². The number of H-pyrrole nitrogens is 1. The maximum absolute atomic E-state index is 12.5. The summed E-state index contributed by atoms with van der Waals surface area (Å²) in [4.78, 5) is 25.3. The Balaban J connectivity index is 1.93. The van der Waals surface area contributed by atoms with Crippen molar-refractivity contribution in [2.75, 3.05) is 6.61 Å². The number of ether oxygens (including phenoxy) is 1. The van der Waals surface area contributed by atoms with E-state index in [0.717, 1.165) is 31.9 Å². The van der Waals surface area contributed by atoms with E-state index in [2.05, 4.69) is 5.32 Å². The molecular formula is C15H19F3N2O3. The lowest BCUT2D eigenvalue weighted by Gasteiger charge is -2.16. The number of pyridine rings is 1. The summed E-state index contributed by atoms with van der Waals surface area (Å²) in [5, 5.41) is 2.62. The summed E-state index contributed by atoms with van der Waals surface area (Å²) in [6.45, 7) is 2.54. The zero-order chi connectivity index (χ0) is 17.0. The Hall–Kier alpha value is -1.83. The van der Waals surface area contributed by atoms with Gasteiger partial charge < -0.3 is 15.0 Å². The van der Waals surface area contributed by atoms with Gasteiger partial charge in [0.15, 0.2) is 0 Å². The van der Waals surface area contributed by atoms with E-state index in [9.17, 15) is 22.8 Å². The Labute approximate surface area is 131 Å². The summed E-state index contributed by atoms with van der Waals surface area (Å²) < 4.78 is 42.9. The van der Waals surface area contributed by atoms with E-state index in [0.29, 0.717) is 12.5 Å². The molecule has 0 aromatic carbocycles. The van der Waals surface area contributed by atoms with Gasteiger partial charge in [-0.15, -0.1) is 0 Å². The van der Waals surface area contributed by atoms with Crippen molar-refractivity contribution in [3.63, 3.8) is 0 Å². The molecule has 0 spiro atoms. The highest BCUT2D eigenvalue weighted by molar-refractivity contribution is 5.93. The van der Waals surface area contributed by atoms with Crippen molar-refractivity contribution in [3.05, 3.63) is 33.7 Å². The monoisotopic (exact) mass is 332 g/mol. The Morgan fingerprint density at radius 3 is 2.78 bits per heavy atom. The highest BCUT2D eigenvalue weighted by Crippen LogP contribution is 2.26. The zero-order valence-corrected chi connectivity index (χ0v) is 12.7. The lowest BCUT2D eigenvalue weighted by Crippen LogP contribution is -2.36. The van der Waals surface area contributed by atoms with Crippen LogP contribution in [0.1, 0.15) is 48.7 Å². The van der Waals surface area contributed by atoms with Gasteiger partial charge in [0.25, 0.3) is 11.5 Å². The second-order valence-corrected chi connectivity index (χ2v) is 5.70. The molecule has 2 rings (SSSR count). The molecule has 0 aliphatic carbocycles. The topological polar surface area (TPSA) is 71.2 Å². The average molecular weight is 332 g/mol. The van der Waals surface area contributed by atoms with Crippen LogP contribution in [0.15, 0.2) is 16.9 Å². The SMILES string of the molecule is C[C@H](CC[C@@H]1CCCO1)NC(=O)c1ccc(C(F)(F)F)[nH]c1=O. The van der Waals surface area contributed by atoms with E-state index in [4.69, 9.17) is 4.74 Å². The number of nitrogens with one attached hydrogen (secondary N) is 2. The highest BCUT2D eigenvalue weighted by atomic mass is 19.4. The molecule has 128 valence electrons. The maximum Gasteiger partial charge on any atom is 0.431 e. The van der Waals surface area contributed by atoms with Crippen LogP contribution < -0.4 is 10.9 Å². The van der Waals surface area contributed by atoms with E-state index in [1.54, 1.807) is 11.9 Å². The molecule has 0 unspecified atom stereocenters. The molecular weight excluding hydrogens is 313 g/mol. The molecule has 0 radical (unpaired) electrons. The van der Waals surface area contributed by atoms with Gasteiger partial charge in [0.1, 0.15) is 11.3 Å². The van der Waals surface area contributed by atoms with Crippen LogP contribution in [0, 0.1) is 0 Å². The van der Waals surface area contributed by atoms with Gasteiger partial charge in [-0.25, -0.2) is 0 Å². The number of halogens is 3. The van der Waals surface area contributed by atoms with Crippen molar-refractivity contribution in [2.45, 2.75) is 50.9 Å². The number of alkyl halides is 3. The number of carbonyl (C=O) groups is 1. The van der Waals surface area contributed by atoms with Crippen molar-refractivity contribution >= 4 is 5.91 Å². The van der Waals surface area contributed by atoms with Crippen molar-refractivity contribution in [1.82, 2.24) is 10.3 Å².